The lowest BCUT2D eigenvalue weighted by Crippen LogP contribution is -2.22. The molecule has 1 atom stereocenters. The van der Waals surface area contributed by atoms with Crippen molar-refractivity contribution >= 4 is 50.5 Å². The Hall–Kier alpha value is -0.260. The van der Waals surface area contributed by atoms with E-state index in [9.17, 15) is 0 Å². The molecule has 0 saturated carbocycles. The number of rotatable bonds is 4. The Kier molecular flexibility index (Phi) is 4.81. The SMILES string of the molecule is CCNC(c1cc(Cl)sc1Cl)c1cc(Br)cc2c1OCC2. The van der Waals surface area contributed by atoms with Gasteiger partial charge in [0.15, 0.2) is 0 Å². The zero-order valence-electron chi connectivity index (χ0n) is 11.4. The summed E-state index contributed by atoms with van der Waals surface area (Å²) in [6.45, 7) is 3.64. The minimum absolute atomic E-state index is 0.0180. The first-order chi connectivity index (χ1) is 10.1. The Morgan fingerprint density at radius 2 is 2.14 bits per heavy atom. The van der Waals surface area contributed by atoms with E-state index in [2.05, 4.69) is 40.3 Å². The summed E-state index contributed by atoms with van der Waals surface area (Å²) < 4.78 is 8.32. The fourth-order valence-corrected chi connectivity index (χ4v) is 4.71. The van der Waals surface area contributed by atoms with Crippen LogP contribution in [0.1, 0.15) is 29.7 Å². The number of benzene rings is 1. The summed E-state index contributed by atoms with van der Waals surface area (Å²) in [6, 6.07) is 6.14. The van der Waals surface area contributed by atoms with Crippen molar-refractivity contribution in [1.82, 2.24) is 5.32 Å². The van der Waals surface area contributed by atoms with E-state index in [-0.39, 0.29) is 6.04 Å². The predicted octanol–water partition coefficient (Wildman–Crippen LogP) is 5.45. The zero-order valence-corrected chi connectivity index (χ0v) is 15.3. The van der Waals surface area contributed by atoms with Gasteiger partial charge in [0, 0.05) is 22.0 Å². The minimum atomic E-state index is -0.0180. The fraction of sp³-hybridized carbons (Fsp3) is 0.333. The summed E-state index contributed by atoms with van der Waals surface area (Å²) in [5, 5.41) is 3.49. The molecular formula is C15H14BrCl2NOS. The number of halogens is 3. The second-order valence-corrected chi connectivity index (χ2v) is 8.05. The van der Waals surface area contributed by atoms with Crippen molar-refractivity contribution in [2.45, 2.75) is 19.4 Å². The molecule has 1 unspecified atom stereocenters. The van der Waals surface area contributed by atoms with Gasteiger partial charge >= 0.3 is 0 Å². The van der Waals surface area contributed by atoms with Crippen LogP contribution in [0.15, 0.2) is 22.7 Å². The highest BCUT2D eigenvalue weighted by Crippen LogP contribution is 2.43. The molecule has 2 nitrogen and oxygen atoms in total. The summed E-state index contributed by atoms with van der Waals surface area (Å²) in [4.78, 5) is 0. The maximum Gasteiger partial charge on any atom is 0.127 e. The summed E-state index contributed by atoms with van der Waals surface area (Å²) >= 11 is 17.5. The van der Waals surface area contributed by atoms with Crippen molar-refractivity contribution in [1.29, 1.82) is 0 Å². The molecule has 1 aliphatic rings. The average molecular weight is 407 g/mol. The topological polar surface area (TPSA) is 21.3 Å². The zero-order chi connectivity index (χ0) is 15.0. The van der Waals surface area contributed by atoms with E-state index in [4.69, 9.17) is 27.9 Å². The third-order valence-electron chi connectivity index (χ3n) is 3.49. The van der Waals surface area contributed by atoms with Crippen LogP contribution in [-0.2, 0) is 6.42 Å². The normalized spacial score (nSPS) is 14.9. The molecule has 0 spiro atoms. The van der Waals surface area contributed by atoms with E-state index in [1.54, 1.807) is 0 Å². The first-order valence-corrected chi connectivity index (χ1v) is 9.10. The Morgan fingerprint density at radius 3 is 2.81 bits per heavy atom. The molecule has 112 valence electrons. The minimum Gasteiger partial charge on any atom is -0.493 e. The number of hydrogen-bond donors (Lipinski definition) is 1. The summed E-state index contributed by atoms with van der Waals surface area (Å²) in [5.41, 5.74) is 3.35. The van der Waals surface area contributed by atoms with E-state index in [1.165, 1.54) is 16.9 Å². The van der Waals surface area contributed by atoms with Gasteiger partial charge in [-0.25, -0.2) is 0 Å². The Bertz CT molecular complexity index is 674. The second kappa shape index (κ2) is 6.47. The van der Waals surface area contributed by atoms with E-state index in [1.807, 2.05) is 6.07 Å². The number of ether oxygens (including phenoxy) is 1. The van der Waals surface area contributed by atoms with Gasteiger partial charge in [-0.05, 0) is 30.3 Å². The highest BCUT2D eigenvalue weighted by Gasteiger charge is 2.26. The largest absolute Gasteiger partial charge is 0.493 e. The molecule has 0 saturated heterocycles. The van der Waals surface area contributed by atoms with Gasteiger partial charge in [0.1, 0.15) is 5.75 Å². The lowest BCUT2D eigenvalue weighted by Gasteiger charge is -2.21. The molecule has 6 heteroatoms. The fourth-order valence-electron chi connectivity index (χ4n) is 2.65. The number of nitrogens with one attached hydrogen (secondary N) is 1. The van der Waals surface area contributed by atoms with E-state index < -0.39 is 0 Å². The number of thiophene rings is 1. The van der Waals surface area contributed by atoms with Crippen LogP contribution in [0.4, 0.5) is 0 Å². The van der Waals surface area contributed by atoms with E-state index in [0.717, 1.165) is 45.3 Å². The molecule has 1 aliphatic heterocycles. The van der Waals surface area contributed by atoms with Crippen LogP contribution in [-0.4, -0.2) is 13.2 Å². The van der Waals surface area contributed by atoms with Crippen LogP contribution in [0.25, 0.3) is 0 Å². The van der Waals surface area contributed by atoms with E-state index >= 15 is 0 Å². The van der Waals surface area contributed by atoms with E-state index in [0.29, 0.717) is 4.34 Å². The van der Waals surface area contributed by atoms with Crippen LogP contribution in [0.3, 0.4) is 0 Å². The van der Waals surface area contributed by atoms with Crippen LogP contribution in [0.5, 0.6) is 5.75 Å². The third-order valence-corrected chi connectivity index (χ3v) is 5.47. The monoisotopic (exact) mass is 405 g/mol. The molecule has 0 aliphatic carbocycles. The maximum absolute atomic E-state index is 6.36. The molecule has 1 aromatic heterocycles. The molecule has 0 bridgehead atoms. The van der Waals surface area contributed by atoms with Gasteiger partial charge in [-0.15, -0.1) is 11.3 Å². The lowest BCUT2D eigenvalue weighted by molar-refractivity contribution is 0.350. The van der Waals surface area contributed by atoms with Gasteiger partial charge in [0.05, 0.1) is 21.3 Å². The smallest absolute Gasteiger partial charge is 0.127 e. The quantitative estimate of drug-likeness (QED) is 0.728. The first-order valence-electron chi connectivity index (χ1n) is 6.73. The molecule has 2 heterocycles. The van der Waals surface area contributed by atoms with Gasteiger partial charge in [-0.1, -0.05) is 46.1 Å². The summed E-state index contributed by atoms with van der Waals surface area (Å²) in [7, 11) is 0. The van der Waals surface area contributed by atoms with Crippen molar-refractivity contribution in [3.8, 4) is 5.75 Å². The third kappa shape index (κ3) is 3.10. The first kappa shape index (κ1) is 15.6. The summed E-state index contributed by atoms with van der Waals surface area (Å²) in [5.74, 6) is 0.975. The van der Waals surface area contributed by atoms with Gasteiger partial charge in [0.2, 0.25) is 0 Å². The molecule has 0 radical (unpaired) electrons. The highest BCUT2D eigenvalue weighted by molar-refractivity contribution is 9.10. The average Bonchev–Trinajstić information content (AvgIpc) is 3.01. The van der Waals surface area contributed by atoms with Crippen molar-refractivity contribution in [2.75, 3.05) is 13.2 Å². The van der Waals surface area contributed by atoms with Gasteiger partial charge in [0.25, 0.3) is 0 Å². The molecule has 3 rings (SSSR count). The van der Waals surface area contributed by atoms with Crippen molar-refractivity contribution in [3.63, 3.8) is 0 Å². The van der Waals surface area contributed by atoms with Crippen molar-refractivity contribution < 1.29 is 4.74 Å². The Morgan fingerprint density at radius 1 is 1.33 bits per heavy atom. The molecular weight excluding hydrogens is 393 g/mol. The lowest BCUT2D eigenvalue weighted by atomic mass is 9.97. The second-order valence-electron chi connectivity index (χ2n) is 4.85. The summed E-state index contributed by atoms with van der Waals surface area (Å²) in [6.07, 6.45) is 0.943. The Labute approximate surface area is 146 Å². The van der Waals surface area contributed by atoms with Gasteiger partial charge in [-0.3, -0.25) is 0 Å². The van der Waals surface area contributed by atoms with Gasteiger partial charge < -0.3 is 10.1 Å². The molecule has 1 aromatic carbocycles. The van der Waals surface area contributed by atoms with Crippen LogP contribution in [0.2, 0.25) is 8.67 Å². The van der Waals surface area contributed by atoms with Crippen LogP contribution < -0.4 is 10.1 Å². The van der Waals surface area contributed by atoms with Gasteiger partial charge in [-0.2, -0.15) is 0 Å². The molecule has 2 aromatic rings. The number of fused-ring (bicyclic) bond motifs is 1. The standard InChI is InChI=1S/C15H14BrCl2NOS/c1-2-19-13(11-7-12(17)21-15(11)18)10-6-9(16)5-8-3-4-20-14(8)10/h5-7,13,19H,2-4H2,1H3. The van der Waals surface area contributed by atoms with Crippen molar-refractivity contribution in [2.24, 2.45) is 0 Å². The van der Waals surface area contributed by atoms with Crippen molar-refractivity contribution in [3.05, 3.63) is 48.0 Å². The van der Waals surface area contributed by atoms with Crippen LogP contribution in [0, 0.1) is 0 Å². The predicted molar refractivity (Wildman–Crippen MR) is 93.2 cm³/mol. The highest BCUT2D eigenvalue weighted by atomic mass is 79.9. The Balaban J connectivity index is 2.12. The maximum atomic E-state index is 6.36. The molecule has 1 N–H and O–H groups in total. The molecule has 0 amide bonds. The number of hydrogen-bond acceptors (Lipinski definition) is 3. The molecule has 21 heavy (non-hydrogen) atoms. The van der Waals surface area contributed by atoms with Crippen LogP contribution >= 0.6 is 50.5 Å². The molecule has 0 fully saturated rings.